The van der Waals surface area contributed by atoms with Gasteiger partial charge in [-0.15, -0.1) is 11.3 Å². The molecule has 2 fully saturated rings. The van der Waals surface area contributed by atoms with Crippen LogP contribution in [0.15, 0.2) is 23.6 Å². The highest BCUT2D eigenvalue weighted by Gasteiger charge is 2.37. The first-order chi connectivity index (χ1) is 7.43. The lowest BCUT2D eigenvalue weighted by atomic mass is 9.94. The molecule has 0 spiro atoms. The Morgan fingerprint density at radius 1 is 1.40 bits per heavy atom. The van der Waals surface area contributed by atoms with Crippen LogP contribution in [0.1, 0.15) is 24.1 Å². The van der Waals surface area contributed by atoms with E-state index < -0.39 is 0 Å². The Hall–Kier alpha value is -0.600. The van der Waals surface area contributed by atoms with Crippen molar-refractivity contribution in [1.82, 2.24) is 5.32 Å². The number of rotatable bonds is 2. The van der Waals surface area contributed by atoms with Gasteiger partial charge < -0.3 is 5.32 Å². The molecule has 15 heavy (non-hydrogen) atoms. The van der Waals surface area contributed by atoms with Crippen molar-refractivity contribution < 1.29 is 0 Å². The smallest absolute Gasteiger partial charge is 0.0285 e. The minimum absolute atomic E-state index is 0.639. The van der Waals surface area contributed by atoms with Gasteiger partial charge in [0.25, 0.3) is 0 Å². The SMILES string of the molecule is C(=C\C1NCC2CCCC21)/c1cccs1. The van der Waals surface area contributed by atoms with E-state index in [2.05, 4.69) is 35.0 Å². The molecule has 2 heteroatoms. The first-order valence-corrected chi connectivity index (χ1v) is 6.76. The van der Waals surface area contributed by atoms with Crippen LogP contribution in [-0.4, -0.2) is 12.6 Å². The van der Waals surface area contributed by atoms with Crippen molar-refractivity contribution in [3.63, 3.8) is 0 Å². The van der Waals surface area contributed by atoms with Gasteiger partial charge in [-0.25, -0.2) is 0 Å². The molecule has 3 atom stereocenters. The zero-order valence-corrected chi connectivity index (χ0v) is 9.67. The fourth-order valence-electron chi connectivity index (χ4n) is 3.03. The van der Waals surface area contributed by atoms with E-state index in [9.17, 15) is 0 Å². The number of thiophene rings is 1. The van der Waals surface area contributed by atoms with Crippen LogP contribution in [-0.2, 0) is 0 Å². The molecule has 3 unspecified atom stereocenters. The Morgan fingerprint density at radius 2 is 2.40 bits per heavy atom. The van der Waals surface area contributed by atoms with Crippen molar-refractivity contribution in [2.24, 2.45) is 11.8 Å². The van der Waals surface area contributed by atoms with Crippen LogP contribution in [0.2, 0.25) is 0 Å². The van der Waals surface area contributed by atoms with Gasteiger partial charge in [-0.2, -0.15) is 0 Å². The van der Waals surface area contributed by atoms with E-state index in [0.717, 1.165) is 11.8 Å². The maximum absolute atomic E-state index is 3.64. The highest BCUT2D eigenvalue weighted by atomic mass is 32.1. The topological polar surface area (TPSA) is 12.0 Å². The molecule has 1 aromatic rings. The summed E-state index contributed by atoms with van der Waals surface area (Å²) in [6.45, 7) is 1.24. The van der Waals surface area contributed by atoms with E-state index in [1.807, 2.05) is 11.3 Å². The summed E-state index contributed by atoms with van der Waals surface area (Å²) >= 11 is 1.82. The summed E-state index contributed by atoms with van der Waals surface area (Å²) in [5.74, 6) is 1.88. The third-order valence-corrected chi connectivity index (χ3v) is 4.64. The van der Waals surface area contributed by atoms with E-state index in [-0.39, 0.29) is 0 Å². The van der Waals surface area contributed by atoms with E-state index in [4.69, 9.17) is 0 Å². The standard InChI is InChI=1S/C13H17NS/c1-3-10-9-14-13(12(10)5-1)7-6-11-4-2-8-15-11/h2,4,6-8,10,12-14H,1,3,5,9H2/b7-6+. The summed E-state index contributed by atoms with van der Waals surface area (Å²) in [7, 11) is 0. The van der Waals surface area contributed by atoms with Crippen molar-refractivity contribution in [3.05, 3.63) is 28.5 Å². The third kappa shape index (κ3) is 1.88. The minimum Gasteiger partial charge on any atom is -0.310 e. The van der Waals surface area contributed by atoms with Crippen LogP contribution in [0.25, 0.3) is 6.08 Å². The lowest BCUT2D eigenvalue weighted by Gasteiger charge is -2.13. The molecular weight excluding hydrogens is 202 g/mol. The normalized spacial score (nSPS) is 35.1. The van der Waals surface area contributed by atoms with Crippen LogP contribution in [0.4, 0.5) is 0 Å². The molecular formula is C13H17NS. The Kier molecular flexibility index (Phi) is 2.63. The number of hydrogen-bond acceptors (Lipinski definition) is 2. The lowest BCUT2D eigenvalue weighted by Crippen LogP contribution is -2.23. The highest BCUT2D eigenvalue weighted by molar-refractivity contribution is 7.10. The molecule has 1 aromatic heterocycles. The average Bonchev–Trinajstić information content (AvgIpc) is 2.93. The molecule has 1 saturated heterocycles. The maximum Gasteiger partial charge on any atom is 0.0285 e. The molecule has 3 rings (SSSR count). The van der Waals surface area contributed by atoms with Gasteiger partial charge in [0.05, 0.1) is 0 Å². The Labute approximate surface area is 95.2 Å². The van der Waals surface area contributed by atoms with Gasteiger partial charge in [0.1, 0.15) is 0 Å². The summed E-state index contributed by atoms with van der Waals surface area (Å²) in [6, 6.07) is 4.94. The molecule has 0 amide bonds. The second-order valence-corrected chi connectivity index (χ2v) is 5.64. The van der Waals surface area contributed by atoms with Gasteiger partial charge in [-0.1, -0.05) is 18.6 Å². The summed E-state index contributed by atoms with van der Waals surface area (Å²) < 4.78 is 0. The molecule has 1 aliphatic heterocycles. The van der Waals surface area contributed by atoms with Crippen LogP contribution in [0.3, 0.4) is 0 Å². The minimum atomic E-state index is 0.639. The molecule has 0 aromatic carbocycles. The summed E-state index contributed by atoms with van der Waals surface area (Å²) in [5.41, 5.74) is 0. The summed E-state index contributed by atoms with van der Waals surface area (Å²) in [5, 5.41) is 5.78. The molecule has 1 N–H and O–H groups in total. The van der Waals surface area contributed by atoms with Gasteiger partial charge in [0.2, 0.25) is 0 Å². The van der Waals surface area contributed by atoms with E-state index >= 15 is 0 Å². The van der Waals surface area contributed by atoms with Gasteiger partial charge in [0.15, 0.2) is 0 Å². The Balaban J connectivity index is 1.68. The van der Waals surface area contributed by atoms with Crippen molar-refractivity contribution in [2.45, 2.75) is 25.3 Å². The second kappa shape index (κ2) is 4.11. The number of nitrogens with one attached hydrogen (secondary N) is 1. The number of fused-ring (bicyclic) bond motifs is 1. The monoisotopic (exact) mass is 219 g/mol. The van der Waals surface area contributed by atoms with Crippen LogP contribution < -0.4 is 5.32 Å². The lowest BCUT2D eigenvalue weighted by molar-refractivity contribution is 0.456. The highest BCUT2D eigenvalue weighted by Crippen LogP contribution is 2.38. The molecule has 2 heterocycles. The van der Waals surface area contributed by atoms with Gasteiger partial charge in [-0.05, 0) is 48.7 Å². The molecule has 1 saturated carbocycles. The molecule has 0 radical (unpaired) electrons. The largest absolute Gasteiger partial charge is 0.310 e. The summed E-state index contributed by atoms with van der Waals surface area (Å²) in [6.07, 6.45) is 8.98. The fourth-order valence-corrected chi connectivity index (χ4v) is 3.65. The van der Waals surface area contributed by atoms with Crippen molar-refractivity contribution in [2.75, 3.05) is 6.54 Å². The quantitative estimate of drug-likeness (QED) is 0.805. The molecule has 1 aliphatic carbocycles. The van der Waals surface area contributed by atoms with Crippen LogP contribution in [0, 0.1) is 11.8 Å². The number of hydrogen-bond donors (Lipinski definition) is 1. The maximum atomic E-state index is 3.64. The van der Waals surface area contributed by atoms with Gasteiger partial charge >= 0.3 is 0 Å². The van der Waals surface area contributed by atoms with Gasteiger partial charge in [0, 0.05) is 10.9 Å². The predicted molar refractivity (Wildman–Crippen MR) is 66.0 cm³/mol. The van der Waals surface area contributed by atoms with Crippen molar-refractivity contribution >= 4 is 17.4 Å². The Morgan fingerprint density at radius 3 is 3.27 bits per heavy atom. The molecule has 1 nitrogen and oxygen atoms in total. The van der Waals surface area contributed by atoms with Gasteiger partial charge in [-0.3, -0.25) is 0 Å². The van der Waals surface area contributed by atoms with E-state index in [1.165, 1.54) is 30.7 Å². The molecule has 0 bridgehead atoms. The molecule has 80 valence electrons. The zero-order chi connectivity index (χ0) is 10.1. The zero-order valence-electron chi connectivity index (χ0n) is 8.86. The Bertz CT molecular complexity index is 341. The predicted octanol–water partition coefficient (Wildman–Crippen LogP) is 3.15. The van der Waals surface area contributed by atoms with Crippen molar-refractivity contribution in [3.8, 4) is 0 Å². The summed E-state index contributed by atoms with van der Waals surface area (Å²) in [4.78, 5) is 1.37. The third-order valence-electron chi connectivity index (χ3n) is 3.81. The average molecular weight is 219 g/mol. The second-order valence-electron chi connectivity index (χ2n) is 4.66. The van der Waals surface area contributed by atoms with Crippen LogP contribution >= 0.6 is 11.3 Å². The van der Waals surface area contributed by atoms with Crippen LogP contribution in [0.5, 0.6) is 0 Å². The molecule has 2 aliphatic rings. The first-order valence-electron chi connectivity index (χ1n) is 5.88. The first kappa shape index (κ1) is 9.61. The van der Waals surface area contributed by atoms with E-state index in [0.29, 0.717) is 6.04 Å². The fraction of sp³-hybridized carbons (Fsp3) is 0.538. The van der Waals surface area contributed by atoms with E-state index in [1.54, 1.807) is 0 Å². The van der Waals surface area contributed by atoms with Crippen molar-refractivity contribution in [1.29, 1.82) is 0 Å².